The van der Waals surface area contributed by atoms with Crippen molar-refractivity contribution < 1.29 is 42.9 Å². The molecule has 1 aliphatic rings. The van der Waals surface area contributed by atoms with Crippen LogP contribution in [0.4, 0.5) is 5.69 Å². The number of benzene rings is 1. The van der Waals surface area contributed by atoms with Gasteiger partial charge in [0.05, 0.1) is 7.11 Å². The summed E-state index contributed by atoms with van der Waals surface area (Å²) in [5.74, 6) is -2.69. The second-order valence-corrected chi connectivity index (χ2v) is 6.59. The SMILES string of the molecule is COc1ccc(NC(=O)[C@H]2O[C@H](N=[N+]=[N-])[C@H](OC(C)=O)[C@@H](OC(C)=O)[C@@H]2OC(C)=O)cc1. The molecule has 1 aromatic carbocycles. The molecule has 13 heteroatoms. The zero-order chi connectivity index (χ0) is 23.8. The molecule has 1 aliphatic heterocycles. The molecular formula is C19H22N4O9. The molecule has 0 spiro atoms. The van der Waals surface area contributed by atoms with Crippen LogP contribution < -0.4 is 10.1 Å². The summed E-state index contributed by atoms with van der Waals surface area (Å²) in [6.07, 6.45) is -7.60. The Morgan fingerprint density at radius 2 is 1.47 bits per heavy atom. The predicted octanol–water partition coefficient (Wildman–Crippen LogP) is 1.46. The molecule has 0 saturated carbocycles. The third-order valence-electron chi connectivity index (χ3n) is 4.20. The summed E-state index contributed by atoms with van der Waals surface area (Å²) in [6.45, 7) is 3.21. The molecule has 1 heterocycles. The molecule has 0 bridgehead atoms. The van der Waals surface area contributed by atoms with Crippen LogP contribution in [-0.4, -0.2) is 61.6 Å². The quantitative estimate of drug-likeness (QED) is 0.212. The molecule has 2 rings (SSSR count). The predicted molar refractivity (Wildman–Crippen MR) is 106 cm³/mol. The van der Waals surface area contributed by atoms with E-state index in [0.717, 1.165) is 20.8 Å². The molecule has 1 saturated heterocycles. The lowest BCUT2D eigenvalue weighted by Gasteiger charge is -2.42. The number of amides is 1. The van der Waals surface area contributed by atoms with Crippen LogP contribution in [0.2, 0.25) is 0 Å². The average molecular weight is 450 g/mol. The van der Waals surface area contributed by atoms with E-state index >= 15 is 0 Å². The molecule has 5 atom stereocenters. The van der Waals surface area contributed by atoms with Crippen LogP contribution in [0.5, 0.6) is 5.75 Å². The lowest BCUT2D eigenvalue weighted by molar-refractivity contribution is -0.241. The number of azide groups is 1. The first-order chi connectivity index (χ1) is 15.2. The number of anilines is 1. The van der Waals surface area contributed by atoms with Gasteiger partial charge in [-0.05, 0) is 29.8 Å². The van der Waals surface area contributed by atoms with E-state index < -0.39 is 54.5 Å². The molecule has 1 aromatic rings. The largest absolute Gasteiger partial charge is 0.497 e. The van der Waals surface area contributed by atoms with Crippen molar-refractivity contribution >= 4 is 29.5 Å². The Kier molecular flexibility index (Phi) is 8.38. The Bertz CT molecular complexity index is 914. The van der Waals surface area contributed by atoms with Crippen LogP contribution in [-0.2, 0) is 38.1 Å². The summed E-state index contributed by atoms with van der Waals surface area (Å²) in [7, 11) is 1.48. The van der Waals surface area contributed by atoms with Crippen molar-refractivity contribution in [3.8, 4) is 5.75 Å². The van der Waals surface area contributed by atoms with Crippen LogP contribution in [0, 0.1) is 0 Å². The van der Waals surface area contributed by atoms with Crippen LogP contribution >= 0.6 is 0 Å². The number of methoxy groups -OCH3 is 1. The summed E-state index contributed by atoms with van der Waals surface area (Å²) in [4.78, 5) is 50.6. The van der Waals surface area contributed by atoms with E-state index in [1.165, 1.54) is 7.11 Å². The highest BCUT2D eigenvalue weighted by Crippen LogP contribution is 2.30. The van der Waals surface area contributed by atoms with Crippen molar-refractivity contribution in [3.63, 3.8) is 0 Å². The van der Waals surface area contributed by atoms with Crippen molar-refractivity contribution in [1.29, 1.82) is 0 Å². The molecule has 0 unspecified atom stereocenters. The number of nitrogens with one attached hydrogen (secondary N) is 1. The highest BCUT2D eigenvalue weighted by atomic mass is 16.7. The van der Waals surface area contributed by atoms with Crippen molar-refractivity contribution in [2.75, 3.05) is 12.4 Å². The molecule has 32 heavy (non-hydrogen) atoms. The van der Waals surface area contributed by atoms with Gasteiger partial charge < -0.3 is 29.0 Å². The Hall–Kier alpha value is -3.83. The number of hydrogen-bond donors (Lipinski definition) is 1. The minimum absolute atomic E-state index is 0.354. The molecule has 1 amide bonds. The summed E-state index contributed by atoms with van der Waals surface area (Å²) in [5.41, 5.74) is 9.25. The van der Waals surface area contributed by atoms with Gasteiger partial charge in [-0.3, -0.25) is 19.2 Å². The highest BCUT2D eigenvalue weighted by molar-refractivity contribution is 5.95. The molecule has 0 radical (unpaired) electrons. The minimum atomic E-state index is -1.58. The number of carbonyl (C=O) groups is 4. The standard InChI is InChI=1S/C19H22N4O9/c1-9(24)29-14-15(30-10(2)25)17(31-11(3)26)19(22-23-20)32-16(14)18(27)21-12-5-7-13(28-4)8-6-12/h5-8,14-17,19H,1-4H3,(H,21,27)/t14-,15-,16-,17+,19-/m0/s1. The fourth-order valence-corrected chi connectivity index (χ4v) is 3.03. The third kappa shape index (κ3) is 6.33. The Morgan fingerprint density at radius 3 is 1.97 bits per heavy atom. The summed E-state index contributed by atoms with van der Waals surface area (Å²) in [5, 5.41) is 5.97. The van der Waals surface area contributed by atoms with Crippen molar-refractivity contribution in [3.05, 3.63) is 34.7 Å². The molecular weight excluding hydrogens is 428 g/mol. The van der Waals surface area contributed by atoms with E-state index in [-0.39, 0.29) is 0 Å². The van der Waals surface area contributed by atoms with Gasteiger partial charge in [0.1, 0.15) is 5.75 Å². The Morgan fingerprint density at radius 1 is 0.938 bits per heavy atom. The minimum Gasteiger partial charge on any atom is -0.497 e. The maximum Gasteiger partial charge on any atom is 0.303 e. The fraction of sp³-hybridized carbons (Fsp3) is 0.474. The lowest BCUT2D eigenvalue weighted by Crippen LogP contribution is -2.63. The van der Waals surface area contributed by atoms with Crippen LogP contribution in [0.25, 0.3) is 10.4 Å². The lowest BCUT2D eigenvalue weighted by atomic mass is 9.96. The van der Waals surface area contributed by atoms with E-state index in [1.807, 2.05) is 0 Å². The average Bonchev–Trinajstić information content (AvgIpc) is 2.71. The van der Waals surface area contributed by atoms with Gasteiger partial charge in [0.2, 0.25) is 0 Å². The van der Waals surface area contributed by atoms with Gasteiger partial charge >= 0.3 is 17.9 Å². The summed E-state index contributed by atoms with van der Waals surface area (Å²) in [6, 6.07) is 6.30. The van der Waals surface area contributed by atoms with Crippen molar-refractivity contribution in [2.45, 2.75) is 51.4 Å². The first-order valence-corrected chi connectivity index (χ1v) is 9.32. The molecule has 0 aromatic heterocycles. The number of hydrogen-bond acceptors (Lipinski definition) is 10. The first-order valence-electron chi connectivity index (χ1n) is 9.32. The van der Waals surface area contributed by atoms with Crippen LogP contribution in [0.15, 0.2) is 29.4 Å². The normalized spacial score (nSPS) is 24.3. The topological polar surface area (TPSA) is 175 Å². The Balaban J connectivity index is 2.43. The summed E-state index contributed by atoms with van der Waals surface area (Å²) < 4.78 is 26.1. The van der Waals surface area contributed by atoms with Crippen molar-refractivity contribution in [1.82, 2.24) is 0 Å². The molecule has 13 nitrogen and oxygen atoms in total. The van der Waals surface area contributed by atoms with Gasteiger partial charge in [0, 0.05) is 31.4 Å². The number of esters is 3. The number of rotatable bonds is 7. The molecule has 1 N–H and O–H groups in total. The highest BCUT2D eigenvalue weighted by Gasteiger charge is 2.54. The second-order valence-electron chi connectivity index (χ2n) is 6.59. The zero-order valence-corrected chi connectivity index (χ0v) is 17.7. The second kappa shape index (κ2) is 11.0. The van der Waals surface area contributed by atoms with Crippen LogP contribution in [0.1, 0.15) is 20.8 Å². The van der Waals surface area contributed by atoms with Gasteiger partial charge in [-0.1, -0.05) is 5.11 Å². The fourth-order valence-electron chi connectivity index (χ4n) is 3.03. The maximum atomic E-state index is 13.0. The maximum absolute atomic E-state index is 13.0. The van der Waals surface area contributed by atoms with Gasteiger partial charge in [0.25, 0.3) is 5.91 Å². The monoisotopic (exact) mass is 450 g/mol. The molecule has 1 fully saturated rings. The Labute approximate surface area is 182 Å². The number of ether oxygens (including phenoxy) is 5. The zero-order valence-electron chi connectivity index (χ0n) is 17.7. The van der Waals surface area contributed by atoms with Crippen molar-refractivity contribution in [2.24, 2.45) is 5.11 Å². The van der Waals surface area contributed by atoms with E-state index in [4.69, 9.17) is 29.2 Å². The van der Waals surface area contributed by atoms with Gasteiger partial charge in [-0.2, -0.15) is 0 Å². The van der Waals surface area contributed by atoms with E-state index in [2.05, 4.69) is 15.3 Å². The van der Waals surface area contributed by atoms with Gasteiger partial charge in [-0.15, -0.1) is 0 Å². The smallest absolute Gasteiger partial charge is 0.303 e. The molecule has 172 valence electrons. The number of carbonyl (C=O) groups excluding carboxylic acids is 4. The van der Waals surface area contributed by atoms with E-state index in [0.29, 0.717) is 11.4 Å². The van der Waals surface area contributed by atoms with Crippen LogP contribution in [0.3, 0.4) is 0 Å². The third-order valence-corrected chi connectivity index (χ3v) is 4.20. The first kappa shape index (κ1) is 24.4. The van der Waals surface area contributed by atoms with Gasteiger partial charge in [0.15, 0.2) is 30.6 Å². The van der Waals surface area contributed by atoms with E-state index in [9.17, 15) is 19.2 Å². The van der Waals surface area contributed by atoms with Gasteiger partial charge in [-0.25, -0.2) is 0 Å². The molecule has 0 aliphatic carbocycles. The summed E-state index contributed by atoms with van der Waals surface area (Å²) >= 11 is 0. The number of nitrogens with zero attached hydrogens (tertiary/aromatic N) is 3. The van der Waals surface area contributed by atoms with E-state index in [1.54, 1.807) is 24.3 Å².